The summed E-state index contributed by atoms with van der Waals surface area (Å²) in [5.74, 6) is 0.0786. The largest absolute Gasteiger partial charge is 0.363 e. The Hall–Kier alpha value is -3.87. The van der Waals surface area contributed by atoms with Crippen molar-refractivity contribution in [1.82, 2.24) is 19.8 Å². The van der Waals surface area contributed by atoms with Crippen LogP contribution in [0.5, 0.6) is 0 Å². The second kappa shape index (κ2) is 7.18. The van der Waals surface area contributed by atoms with Crippen molar-refractivity contribution in [2.75, 3.05) is 5.32 Å². The molecule has 1 atom stereocenters. The highest BCUT2D eigenvalue weighted by atomic mass is 19.1. The molecule has 0 radical (unpaired) electrons. The number of benzene rings is 3. The summed E-state index contributed by atoms with van der Waals surface area (Å²) in [6.07, 6.45) is 0. The number of para-hydroxylation sites is 1. The summed E-state index contributed by atoms with van der Waals surface area (Å²) in [5, 5.41) is 12.9. The zero-order valence-corrected chi connectivity index (χ0v) is 16.1. The third-order valence-corrected chi connectivity index (χ3v) is 5.09. The fourth-order valence-electron chi connectivity index (χ4n) is 3.51. The average Bonchev–Trinajstić information content (AvgIpc) is 3.19. The zero-order valence-electron chi connectivity index (χ0n) is 16.1. The maximum absolute atomic E-state index is 13.4. The summed E-state index contributed by atoms with van der Waals surface area (Å²) in [6.45, 7) is 1.99. The highest BCUT2D eigenvalue weighted by Gasteiger charge is 2.17. The fourth-order valence-corrected chi connectivity index (χ4v) is 3.51. The van der Waals surface area contributed by atoms with E-state index < -0.39 is 0 Å². The van der Waals surface area contributed by atoms with E-state index in [0.717, 1.165) is 22.0 Å². The summed E-state index contributed by atoms with van der Waals surface area (Å²) in [4.78, 5) is 4.80. The maximum atomic E-state index is 13.4. The zero-order chi connectivity index (χ0) is 20.7. The molecule has 5 rings (SSSR count). The summed E-state index contributed by atoms with van der Waals surface area (Å²) >= 11 is 0. The third kappa shape index (κ3) is 3.14. The summed E-state index contributed by atoms with van der Waals surface area (Å²) in [6, 6.07) is 20.1. The van der Waals surface area contributed by atoms with Crippen LogP contribution in [0.2, 0.25) is 0 Å². The molecule has 0 aliphatic heterocycles. The Morgan fingerprint density at radius 3 is 2.27 bits per heavy atom. The Labute approximate surface area is 171 Å². The van der Waals surface area contributed by atoms with E-state index in [1.165, 1.54) is 24.3 Å². The molecule has 0 saturated heterocycles. The number of rotatable bonds is 4. The topological polar surface area (TPSA) is 55.1 Å². The van der Waals surface area contributed by atoms with Gasteiger partial charge in [0.25, 0.3) is 0 Å². The van der Waals surface area contributed by atoms with Crippen molar-refractivity contribution in [3.63, 3.8) is 0 Å². The Bertz CT molecular complexity index is 1340. The Morgan fingerprint density at radius 2 is 1.53 bits per heavy atom. The van der Waals surface area contributed by atoms with Gasteiger partial charge in [0.05, 0.1) is 5.52 Å². The number of hydrogen-bond donors (Lipinski definition) is 1. The highest BCUT2D eigenvalue weighted by molar-refractivity contribution is 5.93. The highest BCUT2D eigenvalue weighted by Crippen LogP contribution is 2.30. The van der Waals surface area contributed by atoms with Gasteiger partial charge in [-0.05, 0) is 61.0 Å². The molecule has 0 amide bonds. The summed E-state index contributed by atoms with van der Waals surface area (Å²) in [5.41, 5.74) is 3.64. The minimum Gasteiger partial charge on any atom is -0.363 e. The molecule has 0 spiro atoms. The lowest BCUT2D eigenvalue weighted by Crippen LogP contribution is -2.10. The SMILES string of the molecule is C[C@H](Nc1nc2c(-c3ccc(F)cc3)nnn2c2ccccc12)c1ccc(F)cc1. The van der Waals surface area contributed by atoms with Crippen molar-refractivity contribution in [2.45, 2.75) is 13.0 Å². The molecular weight excluding hydrogens is 384 g/mol. The van der Waals surface area contributed by atoms with Gasteiger partial charge in [0.15, 0.2) is 5.65 Å². The number of halogens is 2. The first kappa shape index (κ1) is 18.2. The number of nitrogens with one attached hydrogen (secondary N) is 1. The molecule has 2 heterocycles. The molecule has 3 aromatic carbocycles. The van der Waals surface area contributed by atoms with Crippen LogP contribution < -0.4 is 5.32 Å². The quantitative estimate of drug-likeness (QED) is 0.438. The molecule has 30 heavy (non-hydrogen) atoms. The van der Waals surface area contributed by atoms with Crippen molar-refractivity contribution in [1.29, 1.82) is 0 Å². The smallest absolute Gasteiger partial charge is 0.186 e. The molecule has 148 valence electrons. The number of nitrogens with zero attached hydrogens (tertiary/aromatic N) is 4. The molecule has 5 nitrogen and oxygen atoms in total. The normalized spacial score (nSPS) is 12.4. The van der Waals surface area contributed by atoms with E-state index in [1.54, 1.807) is 28.8 Å². The second-order valence-corrected chi connectivity index (χ2v) is 7.08. The molecule has 0 bridgehead atoms. The fraction of sp³-hybridized carbons (Fsp3) is 0.0870. The van der Waals surface area contributed by atoms with E-state index in [9.17, 15) is 8.78 Å². The van der Waals surface area contributed by atoms with Gasteiger partial charge in [0, 0.05) is 17.0 Å². The molecular formula is C23H17F2N5. The van der Waals surface area contributed by atoms with E-state index in [2.05, 4.69) is 15.6 Å². The Kier molecular flexibility index (Phi) is 4.35. The molecule has 0 aliphatic rings. The van der Waals surface area contributed by atoms with Crippen molar-refractivity contribution in [3.8, 4) is 11.3 Å². The molecule has 0 unspecified atom stereocenters. The van der Waals surface area contributed by atoms with Crippen LogP contribution >= 0.6 is 0 Å². The van der Waals surface area contributed by atoms with Gasteiger partial charge >= 0.3 is 0 Å². The molecule has 7 heteroatoms. The van der Waals surface area contributed by atoms with Crippen LogP contribution in [0.4, 0.5) is 14.6 Å². The standard InChI is InChI=1S/C23H17F2N5/c1-14(15-6-10-17(24)11-7-15)26-22-19-4-2-3-5-20(19)30-23(27-22)21(28-29-30)16-8-12-18(25)13-9-16/h2-14H,1H3,(H,26,27)/t14-/m0/s1. The maximum Gasteiger partial charge on any atom is 0.186 e. The first-order chi connectivity index (χ1) is 14.6. The number of hydrogen-bond acceptors (Lipinski definition) is 4. The Balaban J connectivity index is 1.65. The second-order valence-electron chi connectivity index (χ2n) is 7.08. The lowest BCUT2D eigenvalue weighted by atomic mass is 10.1. The predicted molar refractivity (Wildman–Crippen MR) is 112 cm³/mol. The minimum absolute atomic E-state index is 0.103. The molecule has 0 aliphatic carbocycles. The predicted octanol–water partition coefficient (Wildman–Crippen LogP) is 5.40. The van der Waals surface area contributed by atoms with Gasteiger partial charge in [0.2, 0.25) is 0 Å². The van der Waals surface area contributed by atoms with E-state index in [0.29, 0.717) is 17.2 Å². The summed E-state index contributed by atoms with van der Waals surface area (Å²) in [7, 11) is 0. The van der Waals surface area contributed by atoms with E-state index in [-0.39, 0.29) is 17.7 Å². The van der Waals surface area contributed by atoms with E-state index in [4.69, 9.17) is 4.98 Å². The average molecular weight is 401 g/mol. The van der Waals surface area contributed by atoms with Crippen molar-refractivity contribution < 1.29 is 8.78 Å². The molecule has 2 aromatic heterocycles. The van der Waals surface area contributed by atoms with Gasteiger partial charge in [-0.15, -0.1) is 5.10 Å². The first-order valence-electron chi connectivity index (χ1n) is 9.52. The lowest BCUT2D eigenvalue weighted by Gasteiger charge is -2.17. The van der Waals surface area contributed by atoms with E-state index >= 15 is 0 Å². The van der Waals surface area contributed by atoms with Gasteiger partial charge < -0.3 is 5.32 Å². The van der Waals surface area contributed by atoms with Gasteiger partial charge in [-0.1, -0.05) is 29.5 Å². The monoisotopic (exact) mass is 401 g/mol. The molecule has 5 aromatic rings. The van der Waals surface area contributed by atoms with Crippen LogP contribution in [-0.4, -0.2) is 19.8 Å². The van der Waals surface area contributed by atoms with Gasteiger partial charge in [-0.2, -0.15) is 4.52 Å². The van der Waals surface area contributed by atoms with Crippen LogP contribution in [0.3, 0.4) is 0 Å². The lowest BCUT2D eigenvalue weighted by molar-refractivity contribution is 0.626. The van der Waals surface area contributed by atoms with E-state index in [1.807, 2.05) is 31.2 Å². The van der Waals surface area contributed by atoms with Crippen LogP contribution in [0.25, 0.3) is 27.8 Å². The van der Waals surface area contributed by atoms with Crippen LogP contribution in [-0.2, 0) is 0 Å². The number of aromatic nitrogens is 4. The van der Waals surface area contributed by atoms with Gasteiger partial charge in [0.1, 0.15) is 23.1 Å². The van der Waals surface area contributed by atoms with Gasteiger partial charge in [-0.3, -0.25) is 0 Å². The Morgan fingerprint density at radius 1 is 0.867 bits per heavy atom. The summed E-state index contributed by atoms with van der Waals surface area (Å²) < 4.78 is 28.3. The van der Waals surface area contributed by atoms with Crippen LogP contribution in [0.1, 0.15) is 18.5 Å². The van der Waals surface area contributed by atoms with Crippen molar-refractivity contribution >= 4 is 22.4 Å². The minimum atomic E-state index is -0.316. The first-order valence-corrected chi connectivity index (χ1v) is 9.52. The van der Waals surface area contributed by atoms with Crippen molar-refractivity contribution in [2.24, 2.45) is 0 Å². The van der Waals surface area contributed by atoms with Crippen molar-refractivity contribution in [3.05, 3.63) is 90.0 Å². The number of fused-ring (bicyclic) bond motifs is 3. The number of anilines is 1. The van der Waals surface area contributed by atoms with Crippen LogP contribution in [0, 0.1) is 11.6 Å². The molecule has 1 N–H and O–H groups in total. The van der Waals surface area contributed by atoms with Gasteiger partial charge in [-0.25, -0.2) is 13.8 Å². The third-order valence-electron chi connectivity index (χ3n) is 5.09. The molecule has 0 fully saturated rings. The molecule has 0 saturated carbocycles. The van der Waals surface area contributed by atoms with Crippen LogP contribution in [0.15, 0.2) is 72.8 Å².